The highest BCUT2D eigenvalue weighted by molar-refractivity contribution is 4.96. The van der Waals surface area contributed by atoms with E-state index in [9.17, 15) is 0 Å². The van der Waals surface area contributed by atoms with Gasteiger partial charge in [0.25, 0.3) is 0 Å². The maximum absolute atomic E-state index is 2.35. The Morgan fingerprint density at radius 3 is 2.36 bits per heavy atom. The van der Waals surface area contributed by atoms with Crippen molar-refractivity contribution in [3.05, 3.63) is 0 Å². The molecule has 0 aliphatic heterocycles. The van der Waals surface area contributed by atoms with E-state index in [0.717, 1.165) is 17.3 Å². The van der Waals surface area contributed by atoms with E-state index in [2.05, 4.69) is 13.8 Å². The molecule has 0 N–H and O–H groups in total. The predicted octanol–water partition coefficient (Wildman–Crippen LogP) is 4.78. The SMILES string of the molecule is CC(C)CCCC1CC2(CCCC2)C1. The van der Waals surface area contributed by atoms with Gasteiger partial charge in [-0.25, -0.2) is 0 Å². The second-order valence-electron chi connectivity index (χ2n) is 6.31. The zero-order valence-corrected chi connectivity index (χ0v) is 10.0. The number of hydrogen-bond donors (Lipinski definition) is 0. The molecule has 0 unspecified atom stereocenters. The molecule has 82 valence electrons. The molecule has 0 heteroatoms. The maximum Gasteiger partial charge on any atom is -0.0292 e. The Kier molecular flexibility index (Phi) is 3.19. The lowest BCUT2D eigenvalue weighted by Crippen LogP contribution is -2.34. The van der Waals surface area contributed by atoms with Crippen molar-refractivity contribution in [1.82, 2.24) is 0 Å². The largest absolute Gasteiger partial charge is 0.0628 e. The van der Waals surface area contributed by atoms with Gasteiger partial charge in [0.05, 0.1) is 0 Å². The Morgan fingerprint density at radius 2 is 1.79 bits per heavy atom. The Labute approximate surface area is 89.5 Å². The Morgan fingerprint density at radius 1 is 1.14 bits per heavy atom. The van der Waals surface area contributed by atoms with Crippen molar-refractivity contribution in [3.63, 3.8) is 0 Å². The third-order valence-corrected chi connectivity index (χ3v) is 4.50. The lowest BCUT2D eigenvalue weighted by molar-refractivity contribution is 0.0543. The van der Waals surface area contributed by atoms with Crippen LogP contribution in [0.1, 0.15) is 71.6 Å². The van der Waals surface area contributed by atoms with Gasteiger partial charge in [0.2, 0.25) is 0 Å². The van der Waals surface area contributed by atoms with Crippen molar-refractivity contribution >= 4 is 0 Å². The third-order valence-electron chi connectivity index (χ3n) is 4.50. The lowest BCUT2D eigenvalue weighted by Gasteiger charge is -2.46. The lowest BCUT2D eigenvalue weighted by atomic mass is 9.60. The zero-order chi connectivity index (χ0) is 10.0. The van der Waals surface area contributed by atoms with Crippen LogP contribution in [0.25, 0.3) is 0 Å². The van der Waals surface area contributed by atoms with Crippen LogP contribution in [0.2, 0.25) is 0 Å². The fraction of sp³-hybridized carbons (Fsp3) is 1.00. The first-order chi connectivity index (χ1) is 6.70. The van der Waals surface area contributed by atoms with Crippen LogP contribution >= 0.6 is 0 Å². The molecule has 14 heavy (non-hydrogen) atoms. The first-order valence-corrected chi connectivity index (χ1v) is 6.70. The predicted molar refractivity (Wildman–Crippen MR) is 62.3 cm³/mol. The fourth-order valence-electron chi connectivity index (χ4n) is 3.72. The van der Waals surface area contributed by atoms with E-state index in [1.54, 1.807) is 25.7 Å². The smallest absolute Gasteiger partial charge is 0.0292 e. The Bertz CT molecular complexity index is 166. The summed E-state index contributed by atoms with van der Waals surface area (Å²) >= 11 is 0. The second kappa shape index (κ2) is 4.24. The van der Waals surface area contributed by atoms with E-state index in [4.69, 9.17) is 0 Å². The van der Waals surface area contributed by atoms with Crippen LogP contribution in [-0.2, 0) is 0 Å². The molecule has 0 aromatic rings. The van der Waals surface area contributed by atoms with Gasteiger partial charge < -0.3 is 0 Å². The highest BCUT2D eigenvalue weighted by Crippen LogP contribution is 2.57. The van der Waals surface area contributed by atoms with Crippen molar-refractivity contribution in [1.29, 1.82) is 0 Å². The molecule has 0 bridgehead atoms. The van der Waals surface area contributed by atoms with Gasteiger partial charge >= 0.3 is 0 Å². The molecule has 0 radical (unpaired) electrons. The van der Waals surface area contributed by atoms with Gasteiger partial charge in [-0.1, -0.05) is 46.0 Å². The molecule has 2 saturated carbocycles. The van der Waals surface area contributed by atoms with E-state index in [1.165, 1.54) is 32.1 Å². The van der Waals surface area contributed by atoms with E-state index >= 15 is 0 Å². The highest BCUT2D eigenvalue weighted by atomic mass is 14.5. The average molecular weight is 194 g/mol. The molecule has 2 aliphatic carbocycles. The average Bonchev–Trinajstić information content (AvgIpc) is 2.51. The van der Waals surface area contributed by atoms with Gasteiger partial charge in [0, 0.05) is 0 Å². The van der Waals surface area contributed by atoms with Crippen LogP contribution in [0, 0.1) is 17.3 Å². The molecule has 0 saturated heterocycles. The summed E-state index contributed by atoms with van der Waals surface area (Å²) in [6.45, 7) is 4.69. The monoisotopic (exact) mass is 194 g/mol. The minimum absolute atomic E-state index is 0.877. The molecule has 2 rings (SSSR count). The topological polar surface area (TPSA) is 0 Å². The summed E-state index contributed by atoms with van der Waals surface area (Å²) in [4.78, 5) is 0. The molecule has 2 aliphatic rings. The van der Waals surface area contributed by atoms with Crippen molar-refractivity contribution in [2.75, 3.05) is 0 Å². The third kappa shape index (κ3) is 2.32. The van der Waals surface area contributed by atoms with Crippen molar-refractivity contribution < 1.29 is 0 Å². The Balaban J connectivity index is 1.58. The second-order valence-corrected chi connectivity index (χ2v) is 6.31. The molecule has 0 heterocycles. The standard InChI is InChI=1S/C14H26/c1-12(2)6-5-7-13-10-14(11-13)8-3-4-9-14/h12-13H,3-11H2,1-2H3. The summed E-state index contributed by atoms with van der Waals surface area (Å²) in [6.07, 6.45) is 13.8. The maximum atomic E-state index is 2.35. The quantitative estimate of drug-likeness (QED) is 0.604. The van der Waals surface area contributed by atoms with Crippen LogP contribution in [0.5, 0.6) is 0 Å². The summed E-state index contributed by atoms with van der Waals surface area (Å²) in [5, 5.41) is 0. The van der Waals surface area contributed by atoms with Crippen molar-refractivity contribution in [2.45, 2.75) is 71.6 Å². The molecular weight excluding hydrogens is 168 g/mol. The van der Waals surface area contributed by atoms with Gasteiger partial charge in [0.15, 0.2) is 0 Å². The molecule has 0 amide bonds. The minimum atomic E-state index is 0.877. The van der Waals surface area contributed by atoms with Gasteiger partial charge in [-0.05, 0) is 42.9 Å². The van der Waals surface area contributed by atoms with Gasteiger partial charge in [-0.15, -0.1) is 0 Å². The van der Waals surface area contributed by atoms with Crippen molar-refractivity contribution in [2.24, 2.45) is 17.3 Å². The summed E-state index contributed by atoms with van der Waals surface area (Å²) in [7, 11) is 0. The van der Waals surface area contributed by atoms with Crippen molar-refractivity contribution in [3.8, 4) is 0 Å². The molecule has 0 aromatic carbocycles. The van der Waals surface area contributed by atoms with Crippen LogP contribution < -0.4 is 0 Å². The first kappa shape index (κ1) is 10.5. The number of hydrogen-bond acceptors (Lipinski definition) is 0. The molecule has 0 nitrogen and oxygen atoms in total. The Hall–Kier alpha value is 0. The van der Waals surface area contributed by atoms with Gasteiger partial charge in [0.1, 0.15) is 0 Å². The highest BCUT2D eigenvalue weighted by Gasteiger charge is 2.44. The van der Waals surface area contributed by atoms with E-state index in [0.29, 0.717) is 0 Å². The molecule has 1 spiro atoms. The van der Waals surface area contributed by atoms with E-state index in [-0.39, 0.29) is 0 Å². The summed E-state index contributed by atoms with van der Waals surface area (Å²) in [6, 6.07) is 0. The summed E-state index contributed by atoms with van der Waals surface area (Å²) < 4.78 is 0. The molecule has 0 aromatic heterocycles. The minimum Gasteiger partial charge on any atom is -0.0628 e. The van der Waals surface area contributed by atoms with E-state index in [1.807, 2.05) is 0 Å². The van der Waals surface area contributed by atoms with Crippen LogP contribution in [0.4, 0.5) is 0 Å². The first-order valence-electron chi connectivity index (χ1n) is 6.70. The summed E-state index contributed by atoms with van der Waals surface area (Å²) in [5.41, 5.74) is 0.877. The number of rotatable bonds is 4. The van der Waals surface area contributed by atoms with Crippen LogP contribution in [0.3, 0.4) is 0 Å². The van der Waals surface area contributed by atoms with Crippen LogP contribution in [-0.4, -0.2) is 0 Å². The molecular formula is C14H26. The van der Waals surface area contributed by atoms with E-state index < -0.39 is 0 Å². The summed E-state index contributed by atoms with van der Waals surface area (Å²) in [5.74, 6) is 2.03. The fourth-order valence-corrected chi connectivity index (χ4v) is 3.72. The zero-order valence-electron chi connectivity index (χ0n) is 10.0. The van der Waals surface area contributed by atoms with Gasteiger partial charge in [-0.2, -0.15) is 0 Å². The normalized spacial score (nSPS) is 25.9. The van der Waals surface area contributed by atoms with Crippen LogP contribution in [0.15, 0.2) is 0 Å². The molecule has 2 fully saturated rings. The molecule has 0 atom stereocenters. The van der Waals surface area contributed by atoms with Gasteiger partial charge in [-0.3, -0.25) is 0 Å².